The number of unbranched alkanes of at least 4 members (excludes halogenated alkanes) is 22. The molecule has 1 N–H and O–H groups in total. The van der Waals surface area contributed by atoms with Crippen molar-refractivity contribution in [1.82, 2.24) is 0 Å². The van der Waals surface area contributed by atoms with Crippen molar-refractivity contribution in [3.63, 3.8) is 0 Å². The van der Waals surface area contributed by atoms with Gasteiger partial charge in [0.25, 0.3) is 0 Å². The van der Waals surface area contributed by atoms with E-state index in [1.165, 1.54) is 171 Å². The van der Waals surface area contributed by atoms with E-state index in [0.29, 0.717) is 5.75 Å². The van der Waals surface area contributed by atoms with Gasteiger partial charge in [0.1, 0.15) is 5.75 Å². The van der Waals surface area contributed by atoms with E-state index < -0.39 is 0 Å². The Hall–Kier alpha value is -0.280. The normalized spacial score (nSPS) is 11.9. The van der Waals surface area contributed by atoms with Gasteiger partial charge in [-0.05, 0) is 40.9 Å². The maximum Gasteiger partial charge on any atom is 0.123 e. The van der Waals surface area contributed by atoms with Crippen LogP contribution >= 0.6 is 23.5 Å². The van der Waals surface area contributed by atoms with Crippen LogP contribution in [0.4, 0.5) is 0 Å². The molecule has 0 aromatic heterocycles. The molecule has 0 unspecified atom stereocenters. The molecule has 0 aliphatic rings. The summed E-state index contributed by atoms with van der Waals surface area (Å²) in [6.45, 7) is 11.3. The summed E-state index contributed by atoms with van der Waals surface area (Å²) in [5, 5.41) is 11.1. The zero-order valence-electron chi connectivity index (χ0n) is 29.7. The second-order valence-electron chi connectivity index (χ2n) is 14.3. The van der Waals surface area contributed by atoms with Crippen molar-refractivity contribution in [2.24, 2.45) is 0 Å². The number of phenolic OH excluding ortho intramolecular Hbond substituents is 1. The summed E-state index contributed by atoms with van der Waals surface area (Å²) < 4.78 is 0. The number of thioether (sulfide) groups is 2. The standard InChI is InChI=1S/C40H74OS2/c1-6-8-10-12-14-16-18-20-22-24-26-28-30-42-34-36-32-37(39(41)38(33-36)40(3,4)5)35-43-31-29-27-25-23-21-19-17-15-13-11-9-7-2/h32-33,41H,6-31,34-35H2,1-5H3. The van der Waals surface area contributed by atoms with Crippen LogP contribution in [-0.4, -0.2) is 16.6 Å². The van der Waals surface area contributed by atoms with Gasteiger partial charge in [0, 0.05) is 17.1 Å². The van der Waals surface area contributed by atoms with Gasteiger partial charge in [-0.25, -0.2) is 0 Å². The molecule has 1 nitrogen and oxygen atoms in total. The highest BCUT2D eigenvalue weighted by Crippen LogP contribution is 2.37. The molecule has 3 heteroatoms. The predicted molar refractivity (Wildman–Crippen MR) is 201 cm³/mol. The lowest BCUT2D eigenvalue weighted by atomic mass is 9.84. The average molecular weight is 635 g/mol. The monoisotopic (exact) mass is 635 g/mol. The molecule has 252 valence electrons. The van der Waals surface area contributed by atoms with Gasteiger partial charge in [0.05, 0.1) is 0 Å². The van der Waals surface area contributed by atoms with Gasteiger partial charge in [0.15, 0.2) is 0 Å². The van der Waals surface area contributed by atoms with E-state index in [4.69, 9.17) is 0 Å². The zero-order chi connectivity index (χ0) is 31.4. The molecule has 1 aromatic rings. The van der Waals surface area contributed by atoms with Gasteiger partial charge in [-0.3, -0.25) is 0 Å². The van der Waals surface area contributed by atoms with Gasteiger partial charge in [-0.2, -0.15) is 23.5 Å². The SMILES string of the molecule is CCCCCCCCCCCCCCSCc1cc(CSCCCCCCCCCCCCCC)c(O)c(C(C)(C)C)c1. The van der Waals surface area contributed by atoms with Crippen LogP contribution < -0.4 is 0 Å². The molecule has 0 aliphatic carbocycles. The van der Waals surface area contributed by atoms with Crippen LogP contribution in [0.3, 0.4) is 0 Å². The lowest BCUT2D eigenvalue weighted by molar-refractivity contribution is 0.442. The van der Waals surface area contributed by atoms with Gasteiger partial charge >= 0.3 is 0 Å². The largest absolute Gasteiger partial charge is 0.507 e. The number of phenols is 1. The molecule has 0 aliphatic heterocycles. The quantitative estimate of drug-likeness (QED) is 0.0850. The molecule has 0 atom stereocenters. The highest BCUT2D eigenvalue weighted by molar-refractivity contribution is 7.98. The molecule has 0 radical (unpaired) electrons. The maximum absolute atomic E-state index is 11.1. The first-order valence-corrected chi connectivity index (χ1v) is 21.2. The highest BCUT2D eigenvalue weighted by atomic mass is 32.2. The minimum absolute atomic E-state index is 0.0325. The van der Waals surface area contributed by atoms with Crippen molar-refractivity contribution in [2.75, 3.05) is 11.5 Å². The summed E-state index contributed by atoms with van der Waals surface area (Å²) in [5.74, 6) is 5.01. The molecule has 0 amide bonds. The van der Waals surface area contributed by atoms with Crippen molar-refractivity contribution >= 4 is 23.5 Å². The van der Waals surface area contributed by atoms with E-state index in [1.807, 2.05) is 11.8 Å². The van der Waals surface area contributed by atoms with Crippen molar-refractivity contribution in [3.8, 4) is 5.75 Å². The van der Waals surface area contributed by atoms with E-state index in [9.17, 15) is 5.11 Å². The fourth-order valence-corrected chi connectivity index (χ4v) is 7.94. The summed E-state index contributed by atoms with van der Waals surface area (Å²) in [6, 6.07) is 4.58. The Morgan fingerprint density at radius 2 is 0.837 bits per heavy atom. The van der Waals surface area contributed by atoms with Gasteiger partial charge < -0.3 is 5.11 Å². The summed E-state index contributed by atoms with van der Waals surface area (Å²) in [5.41, 5.74) is 3.64. The maximum atomic E-state index is 11.1. The second-order valence-corrected chi connectivity index (χ2v) is 16.5. The lowest BCUT2D eigenvalue weighted by Crippen LogP contribution is -2.13. The van der Waals surface area contributed by atoms with Crippen LogP contribution in [0.15, 0.2) is 12.1 Å². The Bertz CT molecular complexity index is 754. The zero-order valence-corrected chi connectivity index (χ0v) is 31.4. The Kier molecular flexibility index (Phi) is 26.5. The topological polar surface area (TPSA) is 20.2 Å². The van der Waals surface area contributed by atoms with Crippen LogP contribution in [0.5, 0.6) is 5.75 Å². The van der Waals surface area contributed by atoms with Crippen LogP contribution in [-0.2, 0) is 16.9 Å². The van der Waals surface area contributed by atoms with Crippen LogP contribution in [0.1, 0.15) is 205 Å². The molecule has 0 heterocycles. The second kappa shape index (κ2) is 28.0. The average Bonchev–Trinajstić information content (AvgIpc) is 2.98. The molecule has 0 fully saturated rings. The van der Waals surface area contributed by atoms with Crippen molar-refractivity contribution < 1.29 is 5.11 Å². The molecule has 0 saturated carbocycles. The number of hydrogen-bond acceptors (Lipinski definition) is 3. The minimum atomic E-state index is -0.0325. The number of rotatable bonds is 30. The van der Waals surface area contributed by atoms with Crippen molar-refractivity contribution in [1.29, 1.82) is 0 Å². The molecular weight excluding hydrogens is 561 g/mol. The molecule has 0 spiro atoms. The van der Waals surface area contributed by atoms with Crippen LogP contribution in [0, 0.1) is 0 Å². The third-order valence-electron chi connectivity index (χ3n) is 8.87. The van der Waals surface area contributed by atoms with Crippen LogP contribution in [0.2, 0.25) is 0 Å². The lowest BCUT2D eigenvalue weighted by Gasteiger charge is -2.23. The molecular formula is C40H74OS2. The molecule has 0 bridgehead atoms. The third kappa shape index (κ3) is 22.8. The Labute approximate surface area is 279 Å². The first-order chi connectivity index (χ1) is 20.9. The summed E-state index contributed by atoms with van der Waals surface area (Å²) in [7, 11) is 0. The van der Waals surface area contributed by atoms with Gasteiger partial charge in [0.2, 0.25) is 0 Å². The molecule has 1 rings (SSSR count). The number of benzene rings is 1. The van der Waals surface area contributed by atoms with Gasteiger partial charge in [-0.15, -0.1) is 0 Å². The molecule has 43 heavy (non-hydrogen) atoms. The van der Waals surface area contributed by atoms with E-state index in [0.717, 1.165) is 22.6 Å². The van der Waals surface area contributed by atoms with Gasteiger partial charge in [-0.1, -0.05) is 188 Å². The summed E-state index contributed by atoms with van der Waals surface area (Å²) in [6.07, 6.45) is 33.8. The minimum Gasteiger partial charge on any atom is -0.507 e. The molecule has 1 aromatic carbocycles. The van der Waals surface area contributed by atoms with E-state index in [-0.39, 0.29) is 5.41 Å². The third-order valence-corrected chi connectivity index (χ3v) is 11.1. The van der Waals surface area contributed by atoms with E-state index in [1.54, 1.807) is 0 Å². The van der Waals surface area contributed by atoms with E-state index >= 15 is 0 Å². The first-order valence-electron chi connectivity index (χ1n) is 18.9. The fourth-order valence-electron chi connectivity index (χ4n) is 5.99. The van der Waals surface area contributed by atoms with Crippen LogP contribution in [0.25, 0.3) is 0 Å². The Balaban J connectivity index is 2.22. The number of aromatic hydroxyl groups is 1. The van der Waals surface area contributed by atoms with Crippen molar-refractivity contribution in [3.05, 3.63) is 28.8 Å². The first kappa shape index (κ1) is 40.7. The van der Waals surface area contributed by atoms with Crippen molar-refractivity contribution in [2.45, 2.75) is 206 Å². The fraction of sp³-hybridized carbons (Fsp3) is 0.850. The Morgan fingerprint density at radius 1 is 0.488 bits per heavy atom. The van der Waals surface area contributed by atoms with E-state index in [2.05, 4.69) is 58.5 Å². The predicted octanol–water partition coefficient (Wildman–Crippen LogP) is 14.6. The summed E-state index contributed by atoms with van der Waals surface area (Å²) in [4.78, 5) is 0. The Morgan fingerprint density at radius 3 is 1.21 bits per heavy atom. The smallest absolute Gasteiger partial charge is 0.123 e. The summed E-state index contributed by atoms with van der Waals surface area (Å²) >= 11 is 4.09. The molecule has 0 saturated heterocycles. The number of hydrogen-bond donors (Lipinski definition) is 1. The highest BCUT2D eigenvalue weighted by Gasteiger charge is 2.21.